The van der Waals surface area contributed by atoms with Crippen molar-refractivity contribution in [3.8, 4) is 0 Å². The van der Waals surface area contributed by atoms with Crippen LogP contribution in [0.25, 0.3) is 0 Å². The van der Waals surface area contributed by atoms with Crippen LogP contribution in [-0.2, 0) is 16.6 Å². The van der Waals surface area contributed by atoms with Gasteiger partial charge in [0.05, 0.1) is 23.1 Å². The molecule has 186 valence electrons. The largest absolute Gasteiger partial charge is 0.394 e. The summed E-state index contributed by atoms with van der Waals surface area (Å²) in [6.45, 7) is 5.35. The fourth-order valence-corrected chi connectivity index (χ4v) is 5.56. The number of aliphatic hydroxyl groups is 1. The molecule has 35 heavy (non-hydrogen) atoms. The average Bonchev–Trinajstić information content (AvgIpc) is 2.85. The van der Waals surface area contributed by atoms with Crippen molar-refractivity contribution in [2.45, 2.75) is 50.2 Å². The first-order valence-electron chi connectivity index (χ1n) is 11.4. The monoisotopic (exact) mass is 514 g/mol. The summed E-state index contributed by atoms with van der Waals surface area (Å²) >= 11 is 6.07. The van der Waals surface area contributed by atoms with Gasteiger partial charge in [0.1, 0.15) is 0 Å². The second kappa shape index (κ2) is 11.4. The van der Waals surface area contributed by atoms with E-state index in [9.17, 15) is 18.3 Å². The summed E-state index contributed by atoms with van der Waals surface area (Å²) in [6, 6.07) is 22.0. The summed E-state index contributed by atoms with van der Waals surface area (Å²) in [5.41, 5.74) is 1.27. The second-order valence-corrected chi connectivity index (χ2v) is 11.4. The van der Waals surface area contributed by atoms with Crippen molar-refractivity contribution in [1.82, 2.24) is 9.62 Å². The van der Waals surface area contributed by atoms with Crippen LogP contribution in [0.3, 0.4) is 0 Å². The molecule has 0 radical (unpaired) electrons. The average molecular weight is 515 g/mol. The Labute approximate surface area is 212 Å². The van der Waals surface area contributed by atoms with Crippen LogP contribution in [0, 0.1) is 0 Å². The highest BCUT2D eigenvalue weighted by molar-refractivity contribution is 7.89. The Kier molecular flexibility index (Phi) is 8.72. The number of sulfonamides is 1. The molecule has 0 unspecified atom stereocenters. The molecule has 8 heteroatoms. The molecule has 0 aromatic heterocycles. The number of nitrogens with zero attached hydrogens (tertiary/aromatic N) is 1. The molecular formula is C27H31ClN2O4S. The molecule has 0 aliphatic carbocycles. The van der Waals surface area contributed by atoms with Crippen molar-refractivity contribution < 1.29 is 18.3 Å². The summed E-state index contributed by atoms with van der Waals surface area (Å²) in [4.78, 5) is 12.7. The smallest absolute Gasteiger partial charge is 0.251 e. The van der Waals surface area contributed by atoms with Crippen molar-refractivity contribution in [3.63, 3.8) is 0 Å². The zero-order chi connectivity index (χ0) is 25.6. The quantitative estimate of drug-likeness (QED) is 0.390. The normalized spacial score (nSPS) is 13.0. The van der Waals surface area contributed by atoms with Crippen molar-refractivity contribution in [2.75, 3.05) is 6.61 Å². The Hall–Kier alpha value is -2.71. The first-order valence-corrected chi connectivity index (χ1v) is 13.2. The van der Waals surface area contributed by atoms with Crippen molar-refractivity contribution in [2.24, 2.45) is 0 Å². The van der Waals surface area contributed by atoms with Gasteiger partial charge in [-0.3, -0.25) is 4.79 Å². The molecule has 0 aliphatic heterocycles. The van der Waals surface area contributed by atoms with Gasteiger partial charge in [-0.2, -0.15) is 4.31 Å². The van der Waals surface area contributed by atoms with Crippen molar-refractivity contribution in [1.29, 1.82) is 0 Å². The number of carbonyl (C=O) groups is 1. The molecule has 1 amide bonds. The second-order valence-electron chi connectivity index (χ2n) is 9.03. The Morgan fingerprint density at radius 1 is 1.00 bits per heavy atom. The highest BCUT2D eigenvalue weighted by Gasteiger charge is 2.32. The molecule has 2 N–H and O–H groups in total. The number of rotatable bonds is 10. The lowest BCUT2D eigenvalue weighted by atomic mass is 10.0. The fourth-order valence-electron chi connectivity index (χ4n) is 3.74. The number of amides is 1. The Morgan fingerprint density at radius 2 is 1.60 bits per heavy atom. The van der Waals surface area contributed by atoms with Gasteiger partial charge in [0.2, 0.25) is 10.0 Å². The molecule has 0 spiro atoms. The van der Waals surface area contributed by atoms with Gasteiger partial charge in [-0.05, 0) is 67.8 Å². The Balaban J connectivity index is 1.95. The minimum absolute atomic E-state index is 0.127. The summed E-state index contributed by atoms with van der Waals surface area (Å²) in [5.74, 6) is -0.308. The summed E-state index contributed by atoms with van der Waals surface area (Å²) in [5, 5.41) is 12.8. The van der Waals surface area contributed by atoms with Crippen LogP contribution in [-0.4, -0.2) is 35.9 Å². The topological polar surface area (TPSA) is 86.7 Å². The van der Waals surface area contributed by atoms with Gasteiger partial charge >= 0.3 is 0 Å². The maximum absolute atomic E-state index is 13.8. The molecular weight excluding hydrogens is 484 g/mol. The van der Waals surface area contributed by atoms with Crippen LogP contribution in [0.1, 0.15) is 54.7 Å². The van der Waals surface area contributed by atoms with E-state index >= 15 is 0 Å². The minimum atomic E-state index is -3.83. The summed E-state index contributed by atoms with van der Waals surface area (Å²) in [6.07, 6.45) is 0.560. The molecule has 3 aromatic carbocycles. The highest BCUT2D eigenvalue weighted by Crippen LogP contribution is 2.32. The van der Waals surface area contributed by atoms with E-state index in [1.54, 1.807) is 80.6 Å². The number of benzene rings is 3. The highest BCUT2D eigenvalue weighted by atomic mass is 35.5. The number of halogens is 1. The molecule has 3 aromatic rings. The van der Waals surface area contributed by atoms with Crippen LogP contribution in [0.5, 0.6) is 0 Å². The molecule has 0 fully saturated rings. The number of aliphatic hydroxyl groups excluding tert-OH is 1. The van der Waals surface area contributed by atoms with Crippen LogP contribution in [0.2, 0.25) is 5.02 Å². The predicted molar refractivity (Wildman–Crippen MR) is 139 cm³/mol. The lowest BCUT2D eigenvalue weighted by molar-refractivity contribution is 0.0869. The predicted octanol–water partition coefficient (Wildman–Crippen LogP) is 5.18. The number of hydrogen-bond donors (Lipinski definition) is 2. The van der Waals surface area contributed by atoms with Gasteiger partial charge in [0.25, 0.3) is 5.91 Å². The maximum Gasteiger partial charge on any atom is 0.251 e. The molecule has 0 aliphatic rings. The van der Waals surface area contributed by atoms with Crippen LogP contribution < -0.4 is 5.32 Å². The van der Waals surface area contributed by atoms with Crippen LogP contribution >= 0.6 is 11.6 Å². The first kappa shape index (κ1) is 26.9. The molecule has 3 rings (SSSR count). The minimum Gasteiger partial charge on any atom is -0.394 e. The molecule has 0 saturated carbocycles. The third-order valence-corrected chi connectivity index (χ3v) is 7.86. The van der Waals surface area contributed by atoms with Crippen molar-refractivity contribution >= 4 is 27.5 Å². The zero-order valence-electron chi connectivity index (χ0n) is 20.1. The lowest BCUT2D eigenvalue weighted by Crippen LogP contribution is -2.46. The summed E-state index contributed by atoms with van der Waals surface area (Å²) in [7, 11) is -3.83. The van der Waals surface area contributed by atoms with Gasteiger partial charge in [-0.15, -0.1) is 0 Å². The number of carbonyl (C=O) groups excluding carboxylic acids is 1. The standard InChI is InChI=1S/C27H31ClN2O4S/c1-4-25(21-14-16-23(28)17-15-21)30(35(33,34)24-8-6-5-7-9-24)18-20-10-12-22(13-11-20)26(32)29-27(2,3)19-31/h5-17,25,31H,4,18-19H2,1-3H3,(H,29,32)/t25-/m0/s1. The van der Waals surface area contributed by atoms with Gasteiger partial charge in [0.15, 0.2) is 0 Å². The van der Waals surface area contributed by atoms with E-state index in [-0.39, 0.29) is 24.0 Å². The van der Waals surface area contributed by atoms with Gasteiger partial charge < -0.3 is 10.4 Å². The van der Waals surface area contributed by atoms with E-state index in [4.69, 9.17) is 11.6 Å². The SMILES string of the molecule is CC[C@@H](c1ccc(Cl)cc1)N(Cc1ccc(C(=O)NC(C)(C)CO)cc1)S(=O)(=O)c1ccccc1. The third kappa shape index (κ3) is 6.70. The molecule has 1 atom stereocenters. The molecule has 0 heterocycles. The zero-order valence-corrected chi connectivity index (χ0v) is 21.7. The van der Waals surface area contributed by atoms with E-state index < -0.39 is 21.6 Å². The lowest BCUT2D eigenvalue weighted by Gasteiger charge is -2.31. The molecule has 0 saturated heterocycles. The number of hydrogen-bond acceptors (Lipinski definition) is 4. The fraction of sp³-hybridized carbons (Fsp3) is 0.296. The molecule has 6 nitrogen and oxygen atoms in total. The van der Waals surface area contributed by atoms with E-state index in [2.05, 4.69) is 5.32 Å². The van der Waals surface area contributed by atoms with E-state index in [0.717, 1.165) is 11.1 Å². The number of nitrogens with one attached hydrogen (secondary N) is 1. The Bertz CT molecular complexity index is 1230. The van der Waals surface area contributed by atoms with Crippen LogP contribution in [0.4, 0.5) is 0 Å². The van der Waals surface area contributed by atoms with E-state index in [1.807, 2.05) is 19.1 Å². The summed E-state index contributed by atoms with van der Waals surface area (Å²) < 4.78 is 29.0. The van der Waals surface area contributed by atoms with Crippen LogP contribution in [0.15, 0.2) is 83.8 Å². The van der Waals surface area contributed by atoms with E-state index in [0.29, 0.717) is 17.0 Å². The van der Waals surface area contributed by atoms with Gasteiger partial charge in [0, 0.05) is 17.1 Å². The van der Waals surface area contributed by atoms with Gasteiger partial charge in [-0.25, -0.2) is 8.42 Å². The first-order chi connectivity index (χ1) is 16.6. The van der Waals surface area contributed by atoms with Crippen molar-refractivity contribution in [3.05, 3.63) is 101 Å². The molecule has 0 bridgehead atoms. The van der Waals surface area contributed by atoms with Gasteiger partial charge in [-0.1, -0.05) is 61.0 Å². The Morgan fingerprint density at radius 3 is 2.14 bits per heavy atom. The maximum atomic E-state index is 13.8. The third-order valence-electron chi connectivity index (χ3n) is 5.74. The van der Waals surface area contributed by atoms with E-state index in [1.165, 1.54) is 4.31 Å².